The zero-order chi connectivity index (χ0) is 27.6. The molecule has 7 rings (SSSR count). The molecule has 0 saturated carbocycles. The van der Waals surface area contributed by atoms with Gasteiger partial charge in [0.2, 0.25) is 0 Å². The number of amides is 1. The van der Waals surface area contributed by atoms with Crippen LogP contribution in [0, 0.1) is 23.2 Å². The summed E-state index contributed by atoms with van der Waals surface area (Å²) in [6.07, 6.45) is 9.37. The van der Waals surface area contributed by atoms with E-state index in [9.17, 15) is 10.1 Å². The van der Waals surface area contributed by atoms with Crippen molar-refractivity contribution in [3.63, 3.8) is 0 Å². The first-order valence-electron chi connectivity index (χ1n) is 13.0. The summed E-state index contributed by atoms with van der Waals surface area (Å²) in [5.41, 5.74) is 11.1. The quantitative estimate of drug-likeness (QED) is 0.323. The van der Waals surface area contributed by atoms with Gasteiger partial charge in [-0.3, -0.25) is 9.79 Å². The summed E-state index contributed by atoms with van der Waals surface area (Å²) < 4.78 is 1.69. The molecule has 0 spiro atoms. The lowest BCUT2D eigenvalue weighted by molar-refractivity contribution is -0.139. The Hall–Kier alpha value is -5.41. The smallest absolute Gasteiger partial charge is 0.299 e. The van der Waals surface area contributed by atoms with Crippen LogP contribution in [-0.4, -0.2) is 63.8 Å². The topological polar surface area (TPSA) is 116 Å². The minimum atomic E-state index is -0.120. The van der Waals surface area contributed by atoms with Gasteiger partial charge in [0.25, 0.3) is 5.91 Å². The van der Waals surface area contributed by atoms with E-state index in [0.717, 1.165) is 40.1 Å². The number of anilines is 1. The second-order valence-corrected chi connectivity index (χ2v) is 9.80. The standard InChI is InChI=1S/C31H26N8O/c1-34-15-24(13-32)23-11-28(31-25(14-33)17-36-38(31)18-23)22-8-9-29(35-16-22)37-19-26-12-27(20-37)39(26)30(40)10-7-21-5-3-2-4-6-21/h2-6,8-9,11,13,15-18,26-27H,12,19-20,32H2,1H3. The molecule has 1 aromatic carbocycles. The number of pyridine rings is 2. The molecule has 2 atom stereocenters. The van der Waals surface area contributed by atoms with E-state index in [2.05, 4.69) is 32.9 Å². The Morgan fingerprint density at radius 1 is 1.15 bits per heavy atom. The number of fused-ring (bicyclic) bond motifs is 3. The lowest BCUT2D eigenvalue weighted by Gasteiger charge is -2.55. The Kier molecular flexibility index (Phi) is 6.47. The number of carbonyl (C=O) groups is 1. The van der Waals surface area contributed by atoms with Gasteiger partial charge in [0.05, 0.1) is 29.4 Å². The molecule has 2 unspecified atom stereocenters. The fourth-order valence-corrected chi connectivity index (χ4v) is 5.51. The number of nitrogens with zero attached hydrogens (tertiary/aromatic N) is 7. The van der Waals surface area contributed by atoms with E-state index >= 15 is 0 Å². The summed E-state index contributed by atoms with van der Waals surface area (Å²) in [5.74, 6) is 6.52. The summed E-state index contributed by atoms with van der Waals surface area (Å²) in [7, 11) is 1.69. The molecule has 3 fully saturated rings. The van der Waals surface area contributed by atoms with Crippen LogP contribution in [-0.2, 0) is 4.79 Å². The van der Waals surface area contributed by atoms with Crippen LogP contribution >= 0.6 is 0 Å². The van der Waals surface area contributed by atoms with Crippen molar-refractivity contribution in [3.8, 4) is 29.0 Å². The van der Waals surface area contributed by atoms with Crippen LogP contribution in [0.2, 0.25) is 0 Å². The van der Waals surface area contributed by atoms with E-state index in [1.807, 2.05) is 65.8 Å². The molecule has 2 N–H and O–H groups in total. The second-order valence-electron chi connectivity index (χ2n) is 9.80. The van der Waals surface area contributed by atoms with Gasteiger partial charge in [-0.2, -0.15) is 10.4 Å². The second kappa shape index (κ2) is 10.4. The number of allylic oxidation sites excluding steroid dienone is 1. The third-order valence-corrected chi connectivity index (χ3v) is 7.41. The first kappa shape index (κ1) is 24.9. The number of carbonyl (C=O) groups excluding carboxylic acids is 1. The van der Waals surface area contributed by atoms with E-state index in [1.165, 1.54) is 6.20 Å². The minimum Gasteiger partial charge on any atom is -0.404 e. The van der Waals surface area contributed by atoms with E-state index in [0.29, 0.717) is 24.2 Å². The number of piperazine rings is 1. The molecule has 1 amide bonds. The number of hydrogen-bond acceptors (Lipinski definition) is 7. The number of benzene rings is 1. The molecule has 40 heavy (non-hydrogen) atoms. The van der Waals surface area contributed by atoms with Gasteiger partial charge in [-0.05, 0) is 36.8 Å². The Labute approximate surface area is 231 Å². The molecule has 6 heterocycles. The first-order valence-corrected chi connectivity index (χ1v) is 13.0. The number of aromatic nitrogens is 3. The Morgan fingerprint density at radius 2 is 1.95 bits per heavy atom. The van der Waals surface area contributed by atoms with E-state index in [-0.39, 0.29) is 18.0 Å². The third kappa shape index (κ3) is 4.44. The van der Waals surface area contributed by atoms with E-state index in [1.54, 1.807) is 24.0 Å². The van der Waals surface area contributed by atoms with Crippen LogP contribution < -0.4 is 10.6 Å². The number of nitrogens with two attached hydrogens (primary N) is 1. The van der Waals surface area contributed by atoms with E-state index < -0.39 is 0 Å². The average Bonchev–Trinajstić information content (AvgIpc) is 3.42. The average molecular weight is 527 g/mol. The van der Waals surface area contributed by atoms with Gasteiger partial charge < -0.3 is 15.5 Å². The van der Waals surface area contributed by atoms with Crippen LogP contribution in [0.5, 0.6) is 0 Å². The number of hydrogen-bond donors (Lipinski definition) is 1. The van der Waals surface area contributed by atoms with Crippen molar-refractivity contribution < 1.29 is 4.79 Å². The fourth-order valence-electron chi connectivity index (χ4n) is 5.51. The Bertz CT molecular complexity index is 1740. The normalized spacial score (nSPS) is 18.2. The molecule has 3 saturated heterocycles. The van der Waals surface area contributed by atoms with Crippen molar-refractivity contribution in [2.24, 2.45) is 10.7 Å². The predicted octanol–water partition coefficient (Wildman–Crippen LogP) is 3.11. The molecular formula is C31H26N8O. The first-order chi connectivity index (χ1) is 19.6. The summed E-state index contributed by atoms with van der Waals surface area (Å²) in [6.45, 7) is 1.42. The van der Waals surface area contributed by atoms with Crippen LogP contribution in [0.4, 0.5) is 5.82 Å². The van der Waals surface area contributed by atoms with Gasteiger partial charge in [-0.15, -0.1) is 0 Å². The molecule has 3 aliphatic rings. The number of aliphatic imine (C=N–C) groups is 1. The molecular weight excluding hydrogens is 500 g/mol. The summed E-state index contributed by atoms with van der Waals surface area (Å²) >= 11 is 0. The van der Waals surface area contributed by atoms with Gasteiger partial charge in [-0.1, -0.05) is 24.1 Å². The Balaban J connectivity index is 1.23. The molecule has 0 radical (unpaired) electrons. The van der Waals surface area contributed by atoms with Crippen molar-refractivity contribution in [1.82, 2.24) is 19.5 Å². The van der Waals surface area contributed by atoms with Crippen LogP contribution in [0.25, 0.3) is 22.2 Å². The molecule has 9 nitrogen and oxygen atoms in total. The molecule has 3 aliphatic heterocycles. The lowest BCUT2D eigenvalue weighted by Crippen LogP contribution is -2.70. The fraction of sp³-hybridized carbons (Fsp3) is 0.194. The van der Waals surface area contributed by atoms with Gasteiger partial charge >= 0.3 is 0 Å². The SMILES string of the molecule is CN=CC(=CN)c1cc(-c2ccc(N3CC4CC(C3)N4C(=O)C#Cc3ccccc3)nc2)c2c(C#N)cnn2c1. The van der Waals surface area contributed by atoms with Crippen molar-refractivity contribution in [2.45, 2.75) is 18.5 Å². The van der Waals surface area contributed by atoms with Crippen LogP contribution in [0.1, 0.15) is 23.1 Å². The Morgan fingerprint density at radius 3 is 2.62 bits per heavy atom. The van der Waals surface area contributed by atoms with Gasteiger partial charge in [0.1, 0.15) is 11.9 Å². The van der Waals surface area contributed by atoms with Crippen LogP contribution in [0.3, 0.4) is 0 Å². The summed E-state index contributed by atoms with van der Waals surface area (Å²) in [5, 5.41) is 14.1. The van der Waals surface area contributed by atoms with Crippen LogP contribution in [0.15, 0.2) is 78.3 Å². The number of nitriles is 1. The highest BCUT2D eigenvalue weighted by Crippen LogP contribution is 2.35. The zero-order valence-corrected chi connectivity index (χ0v) is 21.9. The number of piperidine rings is 1. The minimum absolute atomic E-state index is 0.120. The molecule has 3 aromatic heterocycles. The highest BCUT2D eigenvalue weighted by Gasteiger charge is 2.47. The van der Waals surface area contributed by atoms with Gasteiger partial charge in [0, 0.05) is 78.7 Å². The highest BCUT2D eigenvalue weighted by molar-refractivity contribution is 6.10. The monoisotopic (exact) mass is 526 g/mol. The van der Waals surface area contributed by atoms with Crippen molar-refractivity contribution in [1.29, 1.82) is 5.26 Å². The van der Waals surface area contributed by atoms with Crippen molar-refractivity contribution in [2.75, 3.05) is 25.0 Å². The summed E-state index contributed by atoms with van der Waals surface area (Å²) in [4.78, 5) is 25.8. The highest BCUT2D eigenvalue weighted by atomic mass is 16.2. The lowest BCUT2D eigenvalue weighted by atomic mass is 9.87. The van der Waals surface area contributed by atoms with Gasteiger partial charge in [0.15, 0.2) is 0 Å². The van der Waals surface area contributed by atoms with Crippen molar-refractivity contribution in [3.05, 3.63) is 90.0 Å². The maximum atomic E-state index is 12.8. The van der Waals surface area contributed by atoms with Crippen molar-refractivity contribution >= 4 is 29.0 Å². The summed E-state index contributed by atoms with van der Waals surface area (Å²) in [6, 6.07) is 18.0. The maximum Gasteiger partial charge on any atom is 0.299 e. The predicted molar refractivity (Wildman–Crippen MR) is 154 cm³/mol. The largest absolute Gasteiger partial charge is 0.404 e. The molecule has 196 valence electrons. The maximum absolute atomic E-state index is 12.8. The molecule has 9 heteroatoms. The zero-order valence-electron chi connectivity index (χ0n) is 21.9. The molecule has 2 bridgehead atoms. The van der Waals surface area contributed by atoms with E-state index in [4.69, 9.17) is 10.7 Å². The van der Waals surface area contributed by atoms with Gasteiger partial charge in [-0.25, -0.2) is 9.50 Å². The third-order valence-electron chi connectivity index (χ3n) is 7.41. The molecule has 0 aliphatic carbocycles. The number of rotatable bonds is 4. The molecule has 4 aromatic rings.